The van der Waals surface area contributed by atoms with Gasteiger partial charge in [-0.3, -0.25) is 4.98 Å². The zero-order valence-corrected chi connectivity index (χ0v) is 16.0. The fraction of sp³-hybridized carbons (Fsp3) is 0.500. The average Bonchev–Trinajstić information content (AvgIpc) is 2.72. The summed E-state index contributed by atoms with van der Waals surface area (Å²) in [5.74, 6) is 0.968. The molecule has 1 N–H and O–H groups in total. The van der Waals surface area contributed by atoms with E-state index in [1.54, 1.807) is 33.4 Å². The van der Waals surface area contributed by atoms with Crippen molar-refractivity contribution in [3.8, 4) is 11.5 Å². The zero-order valence-electron chi connectivity index (χ0n) is 16.0. The second-order valence-electron chi connectivity index (χ2n) is 6.57. The summed E-state index contributed by atoms with van der Waals surface area (Å²) >= 11 is 0. The molecule has 1 aliphatic heterocycles. The maximum atomic E-state index is 12.6. The number of benzene rings is 1. The number of carbonyl (C=O) groups excluding carboxylic acids is 1. The third-order valence-electron chi connectivity index (χ3n) is 4.95. The predicted octanol–water partition coefficient (Wildman–Crippen LogP) is 2.64. The van der Waals surface area contributed by atoms with Gasteiger partial charge in [-0.15, -0.1) is 0 Å². The zero-order chi connectivity index (χ0) is 19.4. The molecule has 2 heterocycles. The number of esters is 1. The van der Waals surface area contributed by atoms with Gasteiger partial charge in [0.15, 0.2) is 0 Å². The lowest BCUT2D eigenvalue weighted by Gasteiger charge is -2.35. The number of ether oxygens (including phenoxy) is 3. The van der Waals surface area contributed by atoms with Crippen molar-refractivity contribution < 1.29 is 24.1 Å². The van der Waals surface area contributed by atoms with Gasteiger partial charge in [-0.2, -0.15) is 0 Å². The highest BCUT2D eigenvalue weighted by Crippen LogP contribution is 2.41. The van der Waals surface area contributed by atoms with Crippen molar-refractivity contribution in [1.29, 1.82) is 0 Å². The van der Waals surface area contributed by atoms with E-state index in [2.05, 4.69) is 9.88 Å². The standard InChI is InChI=1S/C20H26N2O5/c1-4-27-20(24)14-10-21-18-16(26-3)8-7-15(25-2)17(18)19(14)22-9-5-6-13(11-22)12-23/h7-8,10,13,23H,4-6,9,11-12H2,1-3H3. The molecule has 1 aromatic carbocycles. The summed E-state index contributed by atoms with van der Waals surface area (Å²) in [6.07, 6.45) is 3.44. The van der Waals surface area contributed by atoms with Gasteiger partial charge in [0.25, 0.3) is 0 Å². The summed E-state index contributed by atoms with van der Waals surface area (Å²) in [5.41, 5.74) is 1.76. The first kappa shape index (κ1) is 19.2. The van der Waals surface area contributed by atoms with Crippen LogP contribution in [-0.4, -0.2) is 56.6 Å². The summed E-state index contributed by atoms with van der Waals surface area (Å²) in [5, 5.41) is 10.4. The van der Waals surface area contributed by atoms with Crippen molar-refractivity contribution in [2.75, 3.05) is 45.4 Å². The van der Waals surface area contributed by atoms with Crippen LogP contribution in [0.15, 0.2) is 18.3 Å². The van der Waals surface area contributed by atoms with Crippen molar-refractivity contribution in [3.05, 3.63) is 23.9 Å². The van der Waals surface area contributed by atoms with Crippen LogP contribution in [0.1, 0.15) is 30.1 Å². The number of piperidine rings is 1. The number of aliphatic hydroxyl groups excluding tert-OH is 1. The highest BCUT2D eigenvalue weighted by molar-refractivity contribution is 6.09. The van der Waals surface area contributed by atoms with E-state index in [0.29, 0.717) is 29.1 Å². The van der Waals surface area contributed by atoms with Gasteiger partial charge in [-0.1, -0.05) is 0 Å². The maximum Gasteiger partial charge on any atom is 0.341 e. The number of hydrogen-bond donors (Lipinski definition) is 1. The van der Waals surface area contributed by atoms with Crippen LogP contribution in [0.3, 0.4) is 0 Å². The fourth-order valence-corrected chi connectivity index (χ4v) is 3.67. The molecule has 1 fully saturated rings. The SMILES string of the molecule is CCOC(=O)c1cnc2c(OC)ccc(OC)c2c1N1CCCC(CO)C1. The molecule has 3 rings (SSSR count). The van der Waals surface area contributed by atoms with E-state index < -0.39 is 5.97 Å². The Morgan fingerprint density at radius 1 is 1.30 bits per heavy atom. The first-order valence-corrected chi connectivity index (χ1v) is 9.21. The van der Waals surface area contributed by atoms with Gasteiger partial charge < -0.3 is 24.2 Å². The Balaban J connectivity index is 2.27. The molecular weight excluding hydrogens is 348 g/mol. The Morgan fingerprint density at radius 2 is 2.04 bits per heavy atom. The Morgan fingerprint density at radius 3 is 2.70 bits per heavy atom. The smallest absolute Gasteiger partial charge is 0.341 e. The topological polar surface area (TPSA) is 81.1 Å². The Bertz CT molecular complexity index is 824. The Hall–Kier alpha value is -2.54. The molecule has 27 heavy (non-hydrogen) atoms. The number of methoxy groups -OCH3 is 2. The lowest BCUT2D eigenvalue weighted by molar-refractivity contribution is 0.0526. The highest BCUT2D eigenvalue weighted by atomic mass is 16.5. The molecule has 0 saturated carbocycles. The van der Waals surface area contributed by atoms with Gasteiger partial charge in [0.05, 0.1) is 31.9 Å². The van der Waals surface area contributed by atoms with Crippen molar-refractivity contribution in [2.45, 2.75) is 19.8 Å². The van der Waals surface area contributed by atoms with Crippen LogP contribution in [0.5, 0.6) is 11.5 Å². The Labute approximate surface area is 158 Å². The molecule has 1 unspecified atom stereocenters. The van der Waals surface area contributed by atoms with E-state index in [-0.39, 0.29) is 19.1 Å². The number of hydrogen-bond acceptors (Lipinski definition) is 7. The van der Waals surface area contributed by atoms with Gasteiger partial charge in [-0.25, -0.2) is 4.79 Å². The molecule has 0 spiro atoms. The molecule has 7 heteroatoms. The van der Waals surface area contributed by atoms with Gasteiger partial charge in [-0.05, 0) is 37.8 Å². The summed E-state index contributed by atoms with van der Waals surface area (Å²) in [7, 11) is 3.18. The molecule has 0 bridgehead atoms. The molecule has 1 atom stereocenters. The minimum absolute atomic E-state index is 0.120. The molecule has 2 aromatic rings. The van der Waals surface area contributed by atoms with Gasteiger partial charge in [0, 0.05) is 25.9 Å². The molecular formula is C20H26N2O5. The van der Waals surface area contributed by atoms with E-state index in [4.69, 9.17) is 14.2 Å². The number of fused-ring (bicyclic) bond motifs is 1. The van der Waals surface area contributed by atoms with E-state index in [0.717, 1.165) is 30.5 Å². The van der Waals surface area contributed by atoms with E-state index in [9.17, 15) is 9.90 Å². The quantitative estimate of drug-likeness (QED) is 0.779. The molecule has 0 amide bonds. The minimum Gasteiger partial charge on any atom is -0.496 e. The second kappa shape index (κ2) is 8.43. The summed E-state index contributed by atoms with van der Waals surface area (Å²) in [6.45, 7) is 3.61. The molecule has 1 aromatic heterocycles. The second-order valence-corrected chi connectivity index (χ2v) is 6.57. The number of anilines is 1. The van der Waals surface area contributed by atoms with Crippen LogP contribution >= 0.6 is 0 Å². The number of aliphatic hydroxyl groups is 1. The first-order valence-electron chi connectivity index (χ1n) is 9.21. The summed E-state index contributed by atoms with van der Waals surface area (Å²) in [6, 6.07) is 3.61. The highest BCUT2D eigenvalue weighted by Gasteiger charge is 2.28. The number of nitrogens with zero attached hydrogens (tertiary/aromatic N) is 2. The van der Waals surface area contributed by atoms with Crippen LogP contribution in [0.4, 0.5) is 5.69 Å². The lowest BCUT2D eigenvalue weighted by Crippen LogP contribution is -2.38. The molecule has 0 radical (unpaired) electrons. The van der Waals surface area contributed by atoms with Gasteiger partial charge >= 0.3 is 5.97 Å². The first-order chi connectivity index (χ1) is 13.1. The predicted molar refractivity (Wildman–Crippen MR) is 103 cm³/mol. The van der Waals surface area contributed by atoms with Crippen LogP contribution < -0.4 is 14.4 Å². The number of aromatic nitrogens is 1. The van der Waals surface area contributed by atoms with Crippen LogP contribution in [0.2, 0.25) is 0 Å². The van der Waals surface area contributed by atoms with E-state index in [1.807, 2.05) is 6.07 Å². The van der Waals surface area contributed by atoms with Crippen LogP contribution in [0.25, 0.3) is 10.9 Å². The molecule has 7 nitrogen and oxygen atoms in total. The monoisotopic (exact) mass is 374 g/mol. The van der Waals surface area contributed by atoms with E-state index >= 15 is 0 Å². The number of pyridine rings is 1. The Kier molecular flexibility index (Phi) is 6.01. The van der Waals surface area contributed by atoms with Gasteiger partial charge in [0.1, 0.15) is 22.6 Å². The normalized spacial score (nSPS) is 17.0. The van der Waals surface area contributed by atoms with E-state index in [1.165, 1.54) is 0 Å². The number of rotatable bonds is 6. The summed E-state index contributed by atoms with van der Waals surface area (Å²) < 4.78 is 16.3. The molecule has 1 saturated heterocycles. The third-order valence-corrected chi connectivity index (χ3v) is 4.95. The van der Waals surface area contributed by atoms with Crippen molar-refractivity contribution in [2.24, 2.45) is 5.92 Å². The third kappa shape index (κ3) is 3.64. The van der Waals surface area contributed by atoms with Gasteiger partial charge in [0.2, 0.25) is 0 Å². The molecule has 1 aliphatic rings. The fourth-order valence-electron chi connectivity index (χ4n) is 3.67. The maximum absolute atomic E-state index is 12.6. The summed E-state index contributed by atoms with van der Waals surface area (Å²) in [4.78, 5) is 19.3. The minimum atomic E-state index is -0.419. The molecule has 0 aliphatic carbocycles. The lowest BCUT2D eigenvalue weighted by atomic mass is 9.96. The van der Waals surface area contributed by atoms with Crippen molar-refractivity contribution in [3.63, 3.8) is 0 Å². The van der Waals surface area contributed by atoms with Crippen molar-refractivity contribution in [1.82, 2.24) is 4.98 Å². The molecule has 146 valence electrons. The van der Waals surface area contributed by atoms with Crippen molar-refractivity contribution >= 4 is 22.6 Å². The van der Waals surface area contributed by atoms with Crippen LogP contribution in [0, 0.1) is 5.92 Å². The average molecular weight is 374 g/mol. The van der Waals surface area contributed by atoms with Crippen LogP contribution in [-0.2, 0) is 4.74 Å². The number of carbonyl (C=O) groups is 1. The largest absolute Gasteiger partial charge is 0.496 e.